The second kappa shape index (κ2) is 32.9. The van der Waals surface area contributed by atoms with E-state index in [-0.39, 0.29) is 5.97 Å². The first kappa shape index (κ1) is 45.4. The highest BCUT2D eigenvalue weighted by atomic mass is 32.7. The molecular weight excluding hydrogens is 668 g/mol. The van der Waals surface area contributed by atoms with Crippen LogP contribution in [0.3, 0.4) is 0 Å². The number of aryl methyl sites for hydroxylation is 2. The van der Waals surface area contributed by atoms with E-state index in [0.29, 0.717) is 13.0 Å². The summed E-state index contributed by atoms with van der Waals surface area (Å²) in [4.78, 5) is 12.0. The van der Waals surface area contributed by atoms with Gasteiger partial charge in [-0.15, -0.1) is 0 Å². The third-order valence-corrected chi connectivity index (χ3v) is 12.6. The summed E-state index contributed by atoms with van der Waals surface area (Å²) in [6, 6.07) is 17.4. The predicted molar refractivity (Wildman–Crippen MR) is 224 cm³/mol. The van der Waals surface area contributed by atoms with Crippen molar-refractivity contribution in [3.05, 3.63) is 59.7 Å². The average Bonchev–Trinajstić information content (AvgIpc) is 3.13. The Hall–Kier alpha value is -1.71. The van der Waals surface area contributed by atoms with Gasteiger partial charge in [0, 0.05) is 12.2 Å². The molecule has 0 aliphatic rings. The second-order valence-corrected chi connectivity index (χ2v) is 17.6. The van der Waals surface area contributed by atoms with Crippen LogP contribution in [0.2, 0.25) is 0 Å². The molecule has 0 saturated carbocycles. The maximum atomic E-state index is 12.0. The Labute approximate surface area is 320 Å². The molecule has 0 atom stereocenters. The number of hydrogen-bond donors (Lipinski definition) is 0. The molecule has 0 fully saturated rings. The molecule has 0 aliphatic heterocycles. The number of esters is 1. The van der Waals surface area contributed by atoms with E-state index in [9.17, 15) is 4.79 Å². The van der Waals surface area contributed by atoms with Gasteiger partial charge in [0.2, 0.25) is 0 Å². The number of ether oxygens (including phenoxy) is 1. The third kappa shape index (κ3) is 25.8. The van der Waals surface area contributed by atoms with Gasteiger partial charge in [-0.25, -0.2) is 0 Å². The Kier molecular flexibility index (Phi) is 29.3. The van der Waals surface area contributed by atoms with Crippen LogP contribution < -0.4 is 9.05 Å². The largest absolute Gasteiger partial charge is 0.466 e. The molecule has 2 aromatic rings. The Balaban J connectivity index is 1.76. The molecule has 0 aromatic heterocycles. The van der Waals surface area contributed by atoms with Crippen LogP contribution in [0.5, 0.6) is 11.5 Å². The fourth-order valence-electron chi connectivity index (χ4n) is 6.34. The fourth-order valence-corrected chi connectivity index (χ4v) is 9.20. The van der Waals surface area contributed by atoms with E-state index in [2.05, 4.69) is 69.3 Å². The van der Waals surface area contributed by atoms with E-state index in [1.807, 2.05) is 11.4 Å². The van der Waals surface area contributed by atoms with Crippen molar-refractivity contribution in [1.29, 1.82) is 0 Å². The summed E-state index contributed by atoms with van der Waals surface area (Å²) in [5.41, 5.74) is 2.71. The van der Waals surface area contributed by atoms with Crippen molar-refractivity contribution in [2.24, 2.45) is 0 Å². The standard InChI is InChI=1S/C45H75O4PS/c1-4-7-10-13-18-23-30-41-32-28-34-43(39-41)48-50(49-44-35-29-33-42(40-44)31-24-19-14-11-8-5-2)51-38-27-22-17-16-20-25-36-45(46)47-37-26-21-15-12-9-6-3/h28-29,32-35,39-40H,4-27,30-31,36-38H2,1-3H3. The quantitative estimate of drug-likeness (QED) is 0.0400. The molecule has 0 N–H and O–H groups in total. The molecule has 51 heavy (non-hydrogen) atoms. The van der Waals surface area contributed by atoms with E-state index >= 15 is 0 Å². The van der Waals surface area contributed by atoms with Crippen molar-refractivity contribution in [2.75, 3.05) is 12.4 Å². The average molecular weight is 743 g/mol. The van der Waals surface area contributed by atoms with Crippen LogP contribution in [-0.4, -0.2) is 18.3 Å². The van der Waals surface area contributed by atoms with Gasteiger partial charge in [0.25, 0.3) is 0 Å². The summed E-state index contributed by atoms with van der Waals surface area (Å²) in [6.07, 6.45) is 32.6. The normalized spacial score (nSPS) is 11.3. The van der Waals surface area contributed by atoms with Crippen molar-refractivity contribution in [2.45, 2.75) is 194 Å². The highest BCUT2D eigenvalue weighted by Crippen LogP contribution is 2.52. The van der Waals surface area contributed by atoms with Crippen LogP contribution >= 0.6 is 19.0 Å². The summed E-state index contributed by atoms with van der Waals surface area (Å²) < 4.78 is 18.6. The lowest BCUT2D eigenvalue weighted by molar-refractivity contribution is -0.143. The Bertz CT molecular complexity index is 1030. The van der Waals surface area contributed by atoms with Crippen LogP contribution in [0.25, 0.3) is 0 Å². The van der Waals surface area contributed by atoms with Gasteiger partial charge >= 0.3 is 13.5 Å². The zero-order chi connectivity index (χ0) is 36.5. The molecule has 6 heteroatoms. The van der Waals surface area contributed by atoms with E-state index in [4.69, 9.17) is 13.8 Å². The first-order valence-electron chi connectivity index (χ1n) is 21.3. The van der Waals surface area contributed by atoms with E-state index < -0.39 is 7.58 Å². The number of carbonyl (C=O) groups is 1. The molecule has 290 valence electrons. The first-order valence-corrected chi connectivity index (χ1v) is 24.0. The minimum atomic E-state index is -1.17. The zero-order valence-corrected chi connectivity index (χ0v) is 34.8. The topological polar surface area (TPSA) is 44.8 Å². The van der Waals surface area contributed by atoms with Gasteiger partial charge < -0.3 is 13.8 Å². The van der Waals surface area contributed by atoms with Crippen LogP contribution in [0.4, 0.5) is 0 Å². The van der Waals surface area contributed by atoms with Gasteiger partial charge in [0.15, 0.2) is 0 Å². The minimum Gasteiger partial charge on any atom is -0.466 e. The number of carbonyl (C=O) groups excluding carboxylic acids is 1. The molecule has 4 nitrogen and oxygen atoms in total. The first-order chi connectivity index (χ1) is 25.1. The molecule has 0 unspecified atom stereocenters. The number of hydrogen-bond acceptors (Lipinski definition) is 5. The van der Waals surface area contributed by atoms with Crippen LogP contribution in [0.15, 0.2) is 48.5 Å². The maximum Gasteiger partial charge on any atom is 0.360 e. The van der Waals surface area contributed by atoms with Gasteiger partial charge in [-0.1, -0.05) is 167 Å². The van der Waals surface area contributed by atoms with E-state index in [1.54, 1.807) is 0 Å². The maximum absolute atomic E-state index is 12.0. The van der Waals surface area contributed by atoms with Gasteiger partial charge in [0.05, 0.1) is 6.61 Å². The van der Waals surface area contributed by atoms with Crippen molar-refractivity contribution in [1.82, 2.24) is 0 Å². The Morgan fingerprint density at radius 2 is 0.961 bits per heavy atom. The molecule has 0 heterocycles. The van der Waals surface area contributed by atoms with Crippen molar-refractivity contribution < 1.29 is 18.6 Å². The molecule has 0 spiro atoms. The number of rotatable bonds is 35. The van der Waals surface area contributed by atoms with E-state index in [1.165, 1.54) is 140 Å². The molecule has 2 rings (SSSR count). The van der Waals surface area contributed by atoms with E-state index in [0.717, 1.165) is 55.8 Å². The second-order valence-electron chi connectivity index (χ2n) is 14.4. The summed E-state index contributed by atoms with van der Waals surface area (Å²) >= 11 is 1.83. The van der Waals surface area contributed by atoms with Gasteiger partial charge in [-0.05, 0) is 91.7 Å². The zero-order valence-electron chi connectivity index (χ0n) is 33.1. The summed E-state index contributed by atoms with van der Waals surface area (Å²) in [5.74, 6) is 2.84. The lowest BCUT2D eigenvalue weighted by Gasteiger charge is -2.19. The fraction of sp³-hybridized carbons (Fsp3) is 0.711. The summed E-state index contributed by atoms with van der Waals surface area (Å²) in [6.45, 7) is 7.38. The number of unbranched alkanes of at least 4 members (excludes halogenated alkanes) is 20. The minimum absolute atomic E-state index is 0.0193. The van der Waals surface area contributed by atoms with Gasteiger partial charge in [-0.3, -0.25) is 4.79 Å². The molecule has 0 bridgehead atoms. The molecule has 0 aliphatic carbocycles. The highest BCUT2D eigenvalue weighted by Gasteiger charge is 2.17. The lowest BCUT2D eigenvalue weighted by atomic mass is 10.0. The smallest absolute Gasteiger partial charge is 0.360 e. The van der Waals surface area contributed by atoms with Crippen LogP contribution in [0, 0.1) is 0 Å². The number of benzene rings is 2. The van der Waals surface area contributed by atoms with Gasteiger partial charge in [0.1, 0.15) is 11.5 Å². The molecule has 0 radical (unpaired) electrons. The van der Waals surface area contributed by atoms with Gasteiger partial charge in [-0.2, -0.15) is 0 Å². The van der Waals surface area contributed by atoms with Crippen LogP contribution in [-0.2, 0) is 22.4 Å². The highest BCUT2D eigenvalue weighted by molar-refractivity contribution is 8.53. The molecular formula is C45H75O4PS. The summed E-state index contributed by atoms with van der Waals surface area (Å²) in [7, 11) is -1.17. The summed E-state index contributed by atoms with van der Waals surface area (Å²) in [5, 5.41) is 0. The van der Waals surface area contributed by atoms with Crippen molar-refractivity contribution in [3.8, 4) is 11.5 Å². The molecule has 2 aromatic carbocycles. The van der Waals surface area contributed by atoms with Crippen molar-refractivity contribution >= 4 is 24.9 Å². The Morgan fingerprint density at radius 1 is 0.529 bits per heavy atom. The third-order valence-electron chi connectivity index (χ3n) is 9.53. The van der Waals surface area contributed by atoms with Crippen molar-refractivity contribution in [3.63, 3.8) is 0 Å². The molecule has 0 saturated heterocycles. The monoisotopic (exact) mass is 743 g/mol. The SMILES string of the molecule is CCCCCCCCOC(=O)CCCCCCCCSP(Oc1cccc(CCCCCCCC)c1)Oc1cccc(CCCCCCCC)c1. The molecule has 0 amide bonds. The Morgan fingerprint density at radius 3 is 1.47 bits per heavy atom. The van der Waals surface area contributed by atoms with Crippen LogP contribution in [0.1, 0.15) is 192 Å². The predicted octanol–water partition coefficient (Wildman–Crippen LogP) is 15.5. The lowest BCUT2D eigenvalue weighted by Crippen LogP contribution is -2.05.